The van der Waals surface area contributed by atoms with Crippen molar-refractivity contribution in [3.8, 4) is 0 Å². The number of aromatic nitrogens is 2. The van der Waals surface area contributed by atoms with E-state index in [0.29, 0.717) is 13.1 Å². The summed E-state index contributed by atoms with van der Waals surface area (Å²) in [5.74, 6) is 1.69. The highest BCUT2D eigenvalue weighted by molar-refractivity contribution is 7.16. The second-order valence-corrected chi connectivity index (χ2v) is 5.69. The maximum atomic E-state index is 11.6. The van der Waals surface area contributed by atoms with E-state index in [9.17, 15) is 4.79 Å². The molecule has 0 aromatic carbocycles. The standard InChI is InChI=1S/C13H17N5OS/c1-14-12-9-3-6-20-13(9)17-10(16-12)7-18-5-2-4-15-11(19)8-18/h3,6H,2,4-5,7-8H2,1H3,(H,15,19)(H,14,16,17). The van der Waals surface area contributed by atoms with Crippen molar-refractivity contribution in [3.05, 3.63) is 17.3 Å². The largest absolute Gasteiger partial charge is 0.372 e. The molecule has 0 unspecified atom stereocenters. The van der Waals surface area contributed by atoms with Gasteiger partial charge in [-0.2, -0.15) is 0 Å². The minimum Gasteiger partial charge on any atom is -0.372 e. The molecule has 0 spiro atoms. The summed E-state index contributed by atoms with van der Waals surface area (Å²) < 4.78 is 0. The van der Waals surface area contributed by atoms with Gasteiger partial charge < -0.3 is 10.6 Å². The van der Waals surface area contributed by atoms with E-state index in [4.69, 9.17) is 0 Å². The topological polar surface area (TPSA) is 70.2 Å². The minimum atomic E-state index is 0.0774. The Kier molecular flexibility index (Phi) is 3.79. The van der Waals surface area contributed by atoms with Gasteiger partial charge in [-0.25, -0.2) is 9.97 Å². The van der Waals surface area contributed by atoms with Gasteiger partial charge in [0.1, 0.15) is 16.5 Å². The molecule has 0 radical (unpaired) electrons. The first-order valence-corrected chi connectivity index (χ1v) is 7.55. The molecule has 2 aromatic heterocycles. The third kappa shape index (κ3) is 2.73. The zero-order valence-corrected chi connectivity index (χ0v) is 12.2. The van der Waals surface area contributed by atoms with Crippen LogP contribution in [0.3, 0.4) is 0 Å². The Morgan fingerprint density at radius 3 is 3.25 bits per heavy atom. The van der Waals surface area contributed by atoms with Crippen LogP contribution in [0.4, 0.5) is 5.82 Å². The second kappa shape index (κ2) is 5.72. The Morgan fingerprint density at radius 2 is 2.40 bits per heavy atom. The van der Waals surface area contributed by atoms with Gasteiger partial charge in [-0.15, -0.1) is 11.3 Å². The minimum absolute atomic E-state index is 0.0774. The summed E-state index contributed by atoms with van der Waals surface area (Å²) >= 11 is 1.61. The number of rotatable bonds is 3. The van der Waals surface area contributed by atoms with Gasteiger partial charge in [0, 0.05) is 20.1 Å². The number of amides is 1. The van der Waals surface area contributed by atoms with E-state index in [-0.39, 0.29) is 5.91 Å². The van der Waals surface area contributed by atoms with Crippen molar-refractivity contribution in [2.45, 2.75) is 13.0 Å². The predicted molar refractivity (Wildman–Crippen MR) is 79.9 cm³/mol. The Balaban J connectivity index is 1.84. The van der Waals surface area contributed by atoms with Gasteiger partial charge in [0.2, 0.25) is 5.91 Å². The lowest BCUT2D eigenvalue weighted by atomic mass is 10.3. The number of hydrogen-bond acceptors (Lipinski definition) is 6. The molecule has 3 rings (SSSR count). The zero-order chi connectivity index (χ0) is 13.9. The van der Waals surface area contributed by atoms with E-state index in [1.807, 2.05) is 18.5 Å². The molecule has 2 aromatic rings. The molecule has 0 saturated carbocycles. The smallest absolute Gasteiger partial charge is 0.234 e. The molecule has 0 bridgehead atoms. The van der Waals surface area contributed by atoms with E-state index in [1.54, 1.807) is 11.3 Å². The first-order chi connectivity index (χ1) is 9.76. The number of thiophene rings is 1. The fourth-order valence-corrected chi connectivity index (χ4v) is 3.15. The van der Waals surface area contributed by atoms with Gasteiger partial charge >= 0.3 is 0 Å². The summed E-state index contributed by atoms with van der Waals surface area (Å²) in [6.07, 6.45) is 0.964. The predicted octanol–water partition coefficient (Wildman–Crippen LogP) is 1.05. The molecule has 0 aliphatic carbocycles. The van der Waals surface area contributed by atoms with Crippen LogP contribution in [0.15, 0.2) is 11.4 Å². The maximum Gasteiger partial charge on any atom is 0.234 e. The molecule has 3 heterocycles. The number of carbonyl (C=O) groups is 1. The fourth-order valence-electron chi connectivity index (χ4n) is 2.36. The van der Waals surface area contributed by atoms with Crippen LogP contribution in [-0.4, -0.2) is 47.5 Å². The second-order valence-electron chi connectivity index (χ2n) is 4.79. The van der Waals surface area contributed by atoms with Crippen molar-refractivity contribution in [1.29, 1.82) is 0 Å². The number of fused-ring (bicyclic) bond motifs is 1. The highest BCUT2D eigenvalue weighted by Gasteiger charge is 2.17. The normalized spacial score (nSPS) is 16.9. The van der Waals surface area contributed by atoms with Crippen LogP contribution in [0.5, 0.6) is 0 Å². The van der Waals surface area contributed by atoms with Crippen molar-refractivity contribution in [2.75, 3.05) is 32.0 Å². The quantitative estimate of drug-likeness (QED) is 0.885. The number of nitrogens with zero attached hydrogens (tertiary/aromatic N) is 3. The maximum absolute atomic E-state index is 11.6. The van der Waals surface area contributed by atoms with E-state index in [1.165, 1.54) is 0 Å². The van der Waals surface area contributed by atoms with E-state index >= 15 is 0 Å². The Bertz CT molecular complexity index is 626. The SMILES string of the molecule is CNc1nc(CN2CCCNC(=O)C2)nc2sccc12. The van der Waals surface area contributed by atoms with Gasteiger partial charge in [0.25, 0.3) is 0 Å². The number of nitrogens with one attached hydrogen (secondary N) is 2. The lowest BCUT2D eigenvalue weighted by Crippen LogP contribution is -2.33. The molecular weight excluding hydrogens is 274 g/mol. The molecular formula is C13H17N5OS. The average Bonchev–Trinajstić information content (AvgIpc) is 2.81. The lowest BCUT2D eigenvalue weighted by Gasteiger charge is -2.17. The van der Waals surface area contributed by atoms with Gasteiger partial charge in [0.15, 0.2) is 0 Å². The lowest BCUT2D eigenvalue weighted by molar-refractivity contribution is -0.121. The number of anilines is 1. The fraction of sp³-hybridized carbons (Fsp3) is 0.462. The molecule has 1 fully saturated rings. The molecule has 20 heavy (non-hydrogen) atoms. The van der Waals surface area contributed by atoms with Crippen molar-refractivity contribution >= 4 is 33.3 Å². The van der Waals surface area contributed by atoms with Gasteiger partial charge in [0.05, 0.1) is 18.5 Å². The molecule has 106 valence electrons. The van der Waals surface area contributed by atoms with Crippen molar-refractivity contribution in [3.63, 3.8) is 0 Å². The summed E-state index contributed by atoms with van der Waals surface area (Å²) in [4.78, 5) is 23.8. The molecule has 0 atom stereocenters. The van der Waals surface area contributed by atoms with Crippen LogP contribution in [0.1, 0.15) is 12.2 Å². The highest BCUT2D eigenvalue weighted by Crippen LogP contribution is 2.25. The Morgan fingerprint density at radius 1 is 1.50 bits per heavy atom. The van der Waals surface area contributed by atoms with Crippen molar-refractivity contribution < 1.29 is 4.79 Å². The van der Waals surface area contributed by atoms with Crippen LogP contribution < -0.4 is 10.6 Å². The molecule has 1 aliphatic heterocycles. The monoisotopic (exact) mass is 291 g/mol. The molecule has 1 amide bonds. The van der Waals surface area contributed by atoms with Gasteiger partial charge in [-0.3, -0.25) is 9.69 Å². The molecule has 7 heteroatoms. The van der Waals surface area contributed by atoms with E-state index in [2.05, 4.69) is 25.5 Å². The number of hydrogen-bond donors (Lipinski definition) is 2. The average molecular weight is 291 g/mol. The van der Waals surface area contributed by atoms with Crippen LogP contribution in [0.2, 0.25) is 0 Å². The third-order valence-electron chi connectivity index (χ3n) is 3.31. The summed E-state index contributed by atoms with van der Waals surface area (Å²) in [5, 5.41) is 9.06. The van der Waals surface area contributed by atoms with E-state index in [0.717, 1.165) is 41.4 Å². The number of carbonyl (C=O) groups excluding carboxylic acids is 1. The highest BCUT2D eigenvalue weighted by atomic mass is 32.1. The molecule has 1 saturated heterocycles. The summed E-state index contributed by atoms with van der Waals surface area (Å²) in [6.45, 7) is 2.66. The molecule has 1 aliphatic rings. The Hall–Kier alpha value is -1.73. The first kappa shape index (κ1) is 13.3. The molecule has 6 nitrogen and oxygen atoms in total. The summed E-state index contributed by atoms with van der Waals surface area (Å²) in [5.41, 5.74) is 0. The zero-order valence-electron chi connectivity index (χ0n) is 11.3. The van der Waals surface area contributed by atoms with Gasteiger partial charge in [-0.1, -0.05) is 0 Å². The van der Waals surface area contributed by atoms with E-state index < -0.39 is 0 Å². The van der Waals surface area contributed by atoms with Crippen LogP contribution in [0.25, 0.3) is 10.2 Å². The third-order valence-corrected chi connectivity index (χ3v) is 4.12. The van der Waals surface area contributed by atoms with Crippen molar-refractivity contribution in [1.82, 2.24) is 20.2 Å². The summed E-state index contributed by atoms with van der Waals surface area (Å²) in [7, 11) is 1.86. The van der Waals surface area contributed by atoms with Crippen molar-refractivity contribution in [2.24, 2.45) is 0 Å². The van der Waals surface area contributed by atoms with Crippen LogP contribution >= 0.6 is 11.3 Å². The summed E-state index contributed by atoms with van der Waals surface area (Å²) in [6, 6.07) is 2.02. The Labute approximate surface area is 121 Å². The van der Waals surface area contributed by atoms with Crippen LogP contribution in [0, 0.1) is 0 Å². The van der Waals surface area contributed by atoms with Gasteiger partial charge in [-0.05, 0) is 17.9 Å². The molecule has 2 N–H and O–H groups in total. The first-order valence-electron chi connectivity index (χ1n) is 6.67. The van der Waals surface area contributed by atoms with Crippen LogP contribution in [-0.2, 0) is 11.3 Å².